The molecule has 1 fully saturated rings. The summed E-state index contributed by atoms with van der Waals surface area (Å²) >= 11 is 7.26. The summed E-state index contributed by atoms with van der Waals surface area (Å²) in [7, 11) is 1.63. The zero-order chi connectivity index (χ0) is 13.8. The molecule has 19 heavy (non-hydrogen) atoms. The van der Waals surface area contributed by atoms with E-state index in [0.29, 0.717) is 24.0 Å². The summed E-state index contributed by atoms with van der Waals surface area (Å²) in [6, 6.07) is 3.66. The Morgan fingerprint density at radius 1 is 1.42 bits per heavy atom. The van der Waals surface area contributed by atoms with Gasteiger partial charge in [-0.3, -0.25) is 9.59 Å². The molecule has 0 aliphatic carbocycles. The standard InChI is InChI=1S/C12H16ClN3O2S/c1-15(8-9-2-3-10(13)19-9)11(17)12(18)16-6-4-14-5-7-16/h2-3,14H,4-8H2,1H3. The highest BCUT2D eigenvalue weighted by Crippen LogP contribution is 2.22. The van der Waals surface area contributed by atoms with Crippen molar-refractivity contribution < 1.29 is 9.59 Å². The van der Waals surface area contributed by atoms with Gasteiger partial charge in [-0.1, -0.05) is 11.6 Å². The van der Waals surface area contributed by atoms with Gasteiger partial charge in [0, 0.05) is 38.1 Å². The number of carbonyl (C=O) groups is 2. The summed E-state index contributed by atoms with van der Waals surface area (Å²) in [5.74, 6) is -0.891. The summed E-state index contributed by atoms with van der Waals surface area (Å²) < 4.78 is 0.685. The molecule has 5 nitrogen and oxygen atoms in total. The van der Waals surface area contributed by atoms with E-state index in [0.717, 1.165) is 18.0 Å². The van der Waals surface area contributed by atoms with Gasteiger partial charge >= 0.3 is 11.8 Å². The number of thiophene rings is 1. The molecule has 0 atom stereocenters. The van der Waals surface area contributed by atoms with E-state index in [4.69, 9.17) is 11.6 Å². The van der Waals surface area contributed by atoms with Crippen molar-refractivity contribution in [3.8, 4) is 0 Å². The van der Waals surface area contributed by atoms with Gasteiger partial charge in [-0.15, -0.1) is 11.3 Å². The van der Waals surface area contributed by atoms with Crippen LogP contribution in [0.25, 0.3) is 0 Å². The third-order valence-electron chi connectivity index (χ3n) is 2.96. The molecule has 2 rings (SSSR count). The number of hydrogen-bond acceptors (Lipinski definition) is 4. The summed E-state index contributed by atoms with van der Waals surface area (Å²) in [6.45, 7) is 3.06. The van der Waals surface area contributed by atoms with Crippen LogP contribution in [-0.4, -0.2) is 54.8 Å². The van der Waals surface area contributed by atoms with Crippen molar-refractivity contribution in [2.24, 2.45) is 0 Å². The Hall–Kier alpha value is -1.11. The highest BCUT2D eigenvalue weighted by molar-refractivity contribution is 7.16. The van der Waals surface area contributed by atoms with Gasteiger partial charge in [0.2, 0.25) is 0 Å². The molecule has 1 saturated heterocycles. The number of likely N-dealkylation sites (N-methyl/N-ethyl adjacent to an activating group) is 1. The Morgan fingerprint density at radius 2 is 2.11 bits per heavy atom. The molecule has 104 valence electrons. The minimum Gasteiger partial charge on any atom is -0.332 e. The van der Waals surface area contributed by atoms with Crippen LogP contribution in [0.1, 0.15) is 4.88 Å². The lowest BCUT2D eigenvalue weighted by atomic mass is 10.3. The number of carbonyl (C=O) groups excluding carboxylic acids is 2. The van der Waals surface area contributed by atoms with E-state index in [1.807, 2.05) is 6.07 Å². The first-order valence-corrected chi connectivity index (χ1v) is 7.26. The summed E-state index contributed by atoms with van der Waals surface area (Å²) in [5, 5.41) is 3.15. The molecule has 7 heteroatoms. The third kappa shape index (κ3) is 3.68. The van der Waals surface area contributed by atoms with Crippen LogP contribution in [0.2, 0.25) is 4.34 Å². The molecule has 2 amide bonds. The number of amides is 2. The lowest BCUT2D eigenvalue weighted by molar-refractivity contribution is -0.151. The number of nitrogens with zero attached hydrogens (tertiary/aromatic N) is 2. The Balaban J connectivity index is 1.92. The molecule has 1 aliphatic heterocycles. The van der Waals surface area contributed by atoms with Crippen molar-refractivity contribution in [3.63, 3.8) is 0 Å². The normalized spacial score (nSPS) is 15.4. The highest BCUT2D eigenvalue weighted by Gasteiger charge is 2.26. The number of rotatable bonds is 2. The van der Waals surface area contributed by atoms with Gasteiger partial charge in [-0.25, -0.2) is 0 Å². The fourth-order valence-electron chi connectivity index (χ4n) is 1.91. The third-order valence-corrected chi connectivity index (χ3v) is 4.17. The summed E-state index contributed by atoms with van der Waals surface area (Å²) in [5.41, 5.74) is 0. The van der Waals surface area contributed by atoms with Crippen LogP contribution in [0.3, 0.4) is 0 Å². The van der Waals surface area contributed by atoms with Crippen molar-refractivity contribution >= 4 is 34.8 Å². The van der Waals surface area contributed by atoms with E-state index in [1.165, 1.54) is 16.2 Å². The monoisotopic (exact) mass is 301 g/mol. The van der Waals surface area contributed by atoms with E-state index < -0.39 is 11.8 Å². The first-order chi connectivity index (χ1) is 9.08. The van der Waals surface area contributed by atoms with Crippen LogP contribution >= 0.6 is 22.9 Å². The topological polar surface area (TPSA) is 52.7 Å². The maximum absolute atomic E-state index is 12.0. The Kier molecular flexibility index (Phi) is 4.79. The van der Waals surface area contributed by atoms with Gasteiger partial charge in [-0.2, -0.15) is 0 Å². The second kappa shape index (κ2) is 6.36. The van der Waals surface area contributed by atoms with E-state index in [-0.39, 0.29) is 0 Å². The van der Waals surface area contributed by atoms with Crippen molar-refractivity contribution in [1.82, 2.24) is 15.1 Å². The first-order valence-electron chi connectivity index (χ1n) is 6.07. The lowest BCUT2D eigenvalue weighted by Gasteiger charge is -2.28. The Bertz CT molecular complexity index is 471. The molecule has 0 bridgehead atoms. The van der Waals surface area contributed by atoms with Crippen molar-refractivity contribution in [2.45, 2.75) is 6.54 Å². The van der Waals surface area contributed by atoms with Gasteiger partial charge in [0.05, 0.1) is 10.9 Å². The molecule has 1 aromatic rings. The molecular weight excluding hydrogens is 286 g/mol. The van der Waals surface area contributed by atoms with E-state index >= 15 is 0 Å². The highest BCUT2D eigenvalue weighted by atomic mass is 35.5. The van der Waals surface area contributed by atoms with E-state index in [1.54, 1.807) is 18.0 Å². The predicted molar refractivity (Wildman–Crippen MR) is 75.3 cm³/mol. The average molecular weight is 302 g/mol. The molecule has 0 aromatic carbocycles. The molecule has 1 aliphatic rings. The fraction of sp³-hybridized carbons (Fsp3) is 0.500. The van der Waals surface area contributed by atoms with Crippen molar-refractivity contribution in [1.29, 1.82) is 0 Å². The molecule has 0 radical (unpaired) electrons. The van der Waals surface area contributed by atoms with Crippen LogP contribution in [0.15, 0.2) is 12.1 Å². The maximum Gasteiger partial charge on any atom is 0.312 e. The smallest absolute Gasteiger partial charge is 0.312 e. The van der Waals surface area contributed by atoms with Crippen molar-refractivity contribution in [3.05, 3.63) is 21.3 Å². The number of nitrogens with one attached hydrogen (secondary N) is 1. The number of halogens is 1. The minimum atomic E-state index is -0.466. The lowest BCUT2D eigenvalue weighted by Crippen LogP contribution is -2.51. The van der Waals surface area contributed by atoms with Crippen LogP contribution in [0.5, 0.6) is 0 Å². The van der Waals surface area contributed by atoms with Gasteiger partial charge in [-0.05, 0) is 12.1 Å². The van der Waals surface area contributed by atoms with Crippen LogP contribution < -0.4 is 5.32 Å². The summed E-state index contributed by atoms with van der Waals surface area (Å²) in [4.78, 5) is 28.1. The maximum atomic E-state index is 12.0. The largest absolute Gasteiger partial charge is 0.332 e. The van der Waals surface area contributed by atoms with Crippen LogP contribution in [0.4, 0.5) is 0 Å². The molecule has 0 spiro atoms. The minimum absolute atomic E-state index is 0.411. The summed E-state index contributed by atoms with van der Waals surface area (Å²) in [6.07, 6.45) is 0. The molecule has 1 aromatic heterocycles. The molecule has 2 heterocycles. The van der Waals surface area contributed by atoms with Gasteiger partial charge in [0.25, 0.3) is 0 Å². The van der Waals surface area contributed by atoms with Crippen molar-refractivity contribution in [2.75, 3.05) is 33.2 Å². The molecule has 0 unspecified atom stereocenters. The number of piperazine rings is 1. The van der Waals surface area contributed by atoms with Gasteiger partial charge in [0.1, 0.15) is 0 Å². The second-order valence-corrected chi connectivity index (χ2v) is 6.21. The van der Waals surface area contributed by atoms with Gasteiger partial charge in [0.15, 0.2) is 0 Å². The zero-order valence-electron chi connectivity index (χ0n) is 10.7. The molecule has 1 N–H and O–H groups in total. The van der Waals surface area contributed by atoms with Gasteiger partial charge < -0.3 is 15.1 Å². The van der Waals surface area contributed by atoms with E-state index in [9.17, 15) is 9.59 Å². The zero-order valence-corrected chi connectivity index (χ0v) is 12.3. The first kappa shape index (κ1) is 14.3. The quantitative estimate of drug-likeness (QED) is 0.822. The number of hydrogen-bond donors (Lipinski definition) is 1. The average Bonchev–Trinajstić information content (AvgIpc) is 2.83. The Labute approximate surface area is 121 Å². The second-order valence-electron chi connectivity index (χ2n) is 4.41. The predicted octanol–water partition coefficient (Wildman–Crippen LogP) is 0.792. The van der Waals surface area contributed by atoms with Crippen LogP contribution in [-0.2, 0) is 16.1 Å². The SMILES string of the molecule is CN(Cc1ccc(Cl)s1)C(=O)C(=O)N1CCNCC1. The molecule has 0 saturated carbocycles. The Morgan fingerprint density at radius 3 is 2.68 bits per heavy atom. The molecular formula is C12H16ClN3O2S. The van der Waals surface area contributed by atoms with E-state index in [2.05, 4.69) is 5.32 Å². The fourth-order valence-corrected chi connectivity index (χ4v) is 3.05. The van der Waals surface area contributed by atoms with Crippen LogP contribution in [0, 0.1) is 0 Å².